The number of halogens is 3. The molecule has 1 saturated heterocycles. The van der Waals surface area contributed by atoms with Gasteiger partial charge in [-0.25, -0.2) is 14.6 Å². The van der Waals surface area contributed by atoms with E-state index in [1.165, 1.54) is 0 Å². The van der Waals surface area contributed by atoms with Crippen molar-refractivity contribution in [3.63, 3.8) is 0 Å². The van der Waals surface area contributed by atoms with Crippen molar-refractivity contribution in [2.75, 3.05) is 32.7 Å². The lowest BCUT2D eigenvalue weighted by molar-refractivity contribution is -0.192. The van der Waals surface area contributed by atoms with Gasteiger partial charge in [0.1, 0.15) is 5.69 Å². The first kappa shape index (κ1) is 25.6. The van der Waals surface area contributed by atoms with E-state index in [1.54, 1.807) is 16.1 Å². The Labute approximate surface area is 198 Å². The Balaban J connectivity index is 0.000000429. The lowest BCUT2D eigenvalue weighted by Gasteiger charge is -2.34. The maximum absolute atomic E-state index is 12.7. The van der Waals surface area contributed by atoms with E-state index in [2.05, 4.69) is 15.3 Å². The lowest BCUT2D eigenvalue weighted by Crippen LogP contribution is -2.53. The number of amides is 3. The van der Waals surface area contributed by atoms with Crippen LogP contribution in [0.25, 0.3) is 10.9 Å². The zero-order valence-electron chi connectivity index (χ0n) is 18.9. The molecule has 10 nitrogen and oxygen atoms in total. The molecule has 13 heteroatoms. The van der Waals surface area contributed by atoms with Crippen molar-refractivity contribution in [2.24, 2.45) is 7.05 Å². The molecule has 4 rings (SSSR count). The van der Waals surface area contributed by atoms with Gasteiger partial charge < -0.3 is 29.8 Å². The summed E-state index contributed by atoms with van der Waals surface area (Å²) in [5.74, 6) is -2.78. The zero-order valence-corrected chi connectivity index (χ0v) is 18.9. The normalized spacial score (nSPS) is 13.8. The molecule has 1 aliphatic rings. The molecule has 0 unspecified atom stereocenters. The number of nitrogens with one attached hydrogen (secondary N) is 2. The van der Waals surface area contributed by atoms with Crippen LogP contribution in [0.4, 0.5) is 18.0 Å². The number of hydrogen-bond acceptors (Lipinski definition) is 4. The van der Waals surface area contributed by atoms with Gasteiger partial charge in [0.05, 0.1) is 12.0 Å². The minimum atomic E-state index is -5.08. The summed E-state index contributed by atoms with van der Waals surface area (Å²) in [6.45, 7) is 2.66. The van der Waals surface area contributed by atoms with E-state index >= 15 is 0 Å². The number of para-hydroxylation sites is 1. The number of benzene rings is 1. The molecule has 0 bridgehead atoms. The monoisotopic (exact) mass is 494 g/mol. The number of carbonyl (C=O) groups excluding carboxylic acids is 2. The van der Waals surface area contributed by atoms with Crippen LogP contribution in [0, 0.1) is 0 Å². The number of urea groups is 1. The minimum absolute atomic E-state index is 0.0218. The molecule has 0 spiro atoms. The van der Waals surface area contributed by atoms with Crippen LogP contribution in [0.5, 0.6) is 0 Å². The fraction of sp³-hybridized carbons (Fsp3) is 0.364. The largest absolute Gasteiger partial charge is 0.490 e. The number of fused-ring (bicyclic) bond motifs is 1. The maximum Gasteiger partial charge on any atom is 0.490 e. The number of aliphatic carboxylic acids is 1. The smallest absolute Gasteiger partial charge is 0.475 e. The Bertz CT molecular complexity index is 1150. The quantitative estimate of drug-likeness (QED) is 0.513. The average molecular weight is 494 g/mol. The standard InChI is InChI=1S/C20H24N6O2.C2HF3O2/c1-24-13-16(22-14-24)6-7-21-20(28)26-10-8-25(9-11-26)19(27)18-12-15-4-2-3-5-17(15)23-18;3-2(4,5)1(6)7/h2-5,12-14,23H,6-11H2,1H3,(H,21,28);(H,6,7). The van der Waals surface area contributed by atoms with E-state index < -0.39 is 12.1 Å². The summed E-state index contributed by atoms with van der Waals surface area (Å²) in [4.78, 5) is 45.0. The number of hydrogen-bond donors (Lipinski definition) is 3. The van der Waals surface area contributed by atoms with Gasteiger partial charge in [-0.1, -0.05) is 18.2 Å². The highest BCUT2D eigenvalue weighted by Crippen LogP contribution is 2.17. The lowest BCUT2D eigenvalue weighted by atomic mass is 10.2. The number of imidazole rings is 1. The van der Waals surface area contributed by atoms with E-state index in [0.29, 0.717) is 44.8 Å². The van der Waals surface area contributed by atoms with Crippen LogP contribution in [-0.4, -0.2) is 86.2 Å². The Morgan fingerprint density at radius 1 is 1.11 bits per heavy atom. The van der Waals surface area contributed by atoms with Crippen LogP contribution in [0.1, 0.15) is 16.2 Å². The van der Waals surface area contributed by atoms with Gasteiger partial charge in [-0.3, -0.25) is 4.79 Å². The van der Waals surface area contributed by atoms with Crippen LogP contribution in [0.15, 0.2) is 42.9 Å². The molecule has 0 aliphatic carbocycles. The van der Waals surface area contributed by atoms with E-state index in [-0.39, 0.29) is 11.9 Å². The third kappa shape index (κ3) is 6.98. The van der Waals surface area contributed by atoms with Crippen LogP contribution < -0.4 is 5.32 Å². The summed E-state index contributed by atoms with van der Waals surface area (Å²) in [6.07, 6.45) is -0.688. The van der Waals surface area contributed by atoms with Crippen molar-refractivity contribution >= 4 is 28.8 Å². The molecule has 2 aromatic heterocycles. The Kier molecular flexibility index (Phi) is 7.99. The summed E-state index contributed by atoms with van der Waals surface area (Å²) >= 11 is 0. The number of aromatic amines is 1. The highest BCUT2D eigenvalue weighted by atomic mass is 19.4. The molecule has 3 amide bonds. The van der Waals surface area contributed by atoms with Crippen molar-refractivity contribution in [3.8, 4) is 0 Å². The molecule has 3 heterocycles. The van der Waals surface area contributed by atoms with E-state index in [4.69, 9.17) is 9.90 Å². The number of carboxylic acids is 1. The summed E-state index contributed by atoms with van der Waals surface area (Å²) in [5.41, 5.74) is 2.50. The Morgan fingerprint density at radius 3 is 2.31 bits per heavy atom. The molecule has 1 aliphatic heterocycles. The van der Waals surface area contributed by atoms with Gasteiger partial charge in [0.2, 0.25) is 0 Å². The molecule has 35 heavy (non-hydrogen) atoms. The molecule has 1 aromatic carbocycles. The van der Waals surface area contributed by atoms with Crippen LogP contribution in [-0.2, 0) is 18.3 Å². The first-order chi connectivity index (χ1) is 16.5. The zero-order chi connectivity index (χ0) is 25.6. The number of carbonyl (C=O) groups is 3. The fourth-order valence-electron chi connectivity index (χ4n) is 3.48. The fourth-order valence-corrected chi connectivity index (χ4v) is 3.48. The maximum atomic E-state index is 12.7. The minimum Gasteiger partial charge on any atom is -0.475 e. The number of H-pyrrole nitrogens is 1. The summed E-state index contributed by atoms with van der Waals surface area (Å²) < 4.78 is 33.6. The molecular formula is C22H25F3N6O4. The van der Waals surface area contributed by atoms with E-state index in [9.17, 15) is 22.8 Å². The van der Waals surface area contributed by atoms with Gasteiger partial charge in [0, 0.05) is 63.3 Å². The van der Waals surface area contributed by atoms with Gasteiger partial charge in [-0.2, -0.15) is 13.2 Å². The van der Waals surface area contributed by atoms with E-state index in [1.807, 2.05) is 48.1 Å². The van der Waals surface area contributed by atoms with Crippen LogP contribution >= 0.6 is 0 Å². The number of piperazine rings is 1. The topological polar surface area (TPSA) is 124 Å². The molecule has 3 aromatic rings. The van der Waals surface area contributed by atoms with Crippen molar-refractivity contribution < 1.29 is 32.7 Å². The second-order valence-corrected chi connectivity index (χ2v) is 7.86. The Hall–Kier alpha value is -4.03. The summed E-state index contributed by atoms with van der Waals surface area (Å²) in [7, 11) is 1.92. The van der Waals surface area contributed by atoms with Gasteiger partial charge in [0.25, 0.3) is 5.91 Å². The van der Waals surface area contributed by atoms with Gasteiger partial charge in [-0.15, -0.1) is 0 Å². The summed E-state index contributed by atoms with van der Waals surface area (Å²) in [6, 6.07) is 9.63. The highest BCUT2D eigenvalue weighted by molar-refractivity contribution is 5.98. The van der Waals surface area contributed by atoms with E-state index in [0.717, 1.165) is 16.6 Å². The first-order valence-corrected chi connectivity index (χ1v) is 10.7. The highest BCUT2D eigenvalue weighted by Gasteiger charge is 2.38. The number of nitrogens with zero attached hydrogens (tertiary/aromatic N) is 4. The van der Waals surface area contributed by atoms with Crippen LogP contribution in [0.3, 0.4) is 0 Å². The third-order valence-corrected chi connectivity index (χ3v) is 5.27. The number of carboxylic acid groups (broad SMARTS) is 1. The molecule has 3 N–H and O–H groups in total. The average Bonchev–Trinajstić information content (AvgIpc) is 3.44. The van der Waals surface area contributed by atoms with Gasteiger partial charge in [0.15, 0.2) is 0 Å². The SMILES string of the molecule is Cn1cnc(CCNC(=O)N2CCN(C(=O)c3cc4ccccc4[nH]3)CC2)c1.O=C(O)C(F)(F)F. The predicted molar refractivity (Wildman–Crippen MR) is 120 cm³/mol. The molecule has 188 valence electrons. The van der Waals surface area contributed by atoms with Crippen LogP contribution in [0.2, 0.25) is 0 Å². The third-order valence-electron chi connectivity index (χ3n) is 5.27. The molecule has 1 fully saturated rings. The van der Waals surface area contributed by atoms with Crippen molar-refractivity contribution in [2.45, 2.75) is 12.6 Å². The molecule has 0 saturated carbocycles. The predicted octanol–water partition coefficient (Wildman–Crippen LogP) is 2.24. The van der Waals surface area contributed by atoms with Gasteiger partial charge in [-0.05, 0) is 12.1 Å². The number of rotatable bonds is 4. The second-order valence-electron chi connectivity index (χ2n) is 7.86. The first-order valence-electron chi connectivity index (χ1n) is 10.7. The number of aromatic nitrogens is 3. The summed E-state index contributed by atoms with van der Waals surface area (Å²) in [5, 5.41) is 11.1. The van der Waals surface area contributed by atoms with Crippen molar-refractivity contribution in [1.82, 2.24) is 29.7 Å². The molecular weight excluding hydrogens is 469 g/mol. The number of aryl methyl sites for hydroxylation is 1. The van der Waals surface area contributed by atoms with Crippen molar-refractivity contribution in [3.05, 3.63) is 54.2 Å². The molecule has 0 atom stereocenters. The van der Waals surface area contributed by atoms with Crippen molar-refractivity contribution in [1.29, 1.82) is 0 Å². The Morgan fingerprint density at radius 2 is 1.74 bits per heavy atom. The second kappa shape index (κ2) is 10.9. The van der Waals surface area contributed by atoms with Gasteiger partial charge >= 0.3 is 18.2 Å². The molecule has 0 radical (unpaired) electrons. The number of alkyl halides is 3.